The minimum atomic E-state index is -4.80. The van der Waals surface area contributed by atoms with E-state index in [0.717, 1.165) is 0 Å². The molecule has 0 N–H and O–H groups in total. The molecule has 0 radical (unpaired) electrons. The van der Waals surface area contributed by atoms with Crippen molar-refractivity contribution in [1.29, 1.82) is 0 Å². The first-order valence-corrected chi connectivity index (χ1v) is 7.14. The van der Waals surface area contributed by atoms with E-state index in [1.165, 1.54) is 36.4 Å². The molecule has 24 heavy (non-hydrogen) atoms. The first-order chi connectivity index (χ1) is 11.4. The fourth-order valence-corrected chi connectivity index (χ4v) is 2.30. The van der Waals surface area contributed by atoms with Gasteiger partial charge in [0.05, 0.1) is 5.69 Å². The van der Waals surface area contributed by atoms with E-state index in [-0.39, 0.29) is 11.3 Å². The van der Waals surface area contributed by atoms with Gasteiger partial charge in [-0.15, -0.1) is 5.10 Å². The Morgan fingerprint density at radius 1 is 1.00 bits per heavy atom. The number of benzene rings is 2. The van der Waals surface area contributed by atoms with Gasteiger partial charge >= 0.3 is 6.18 Å². The zero-order valence-corrected chi connectivity index (χ0v) is 12.7. The molecule has 122 valence electrons. The minimum Gasteiger partial charge on any atom is -0.287 e. The number of aromatic nitrogens is 3. The second kappa shape index (κ2) is 6.09. The number of carbonyl (C=O) groups is 1. The summed E-state index contributed by atoms with van der Waals surface area (Å²) in [5.41, 5.74) is -1.76. The summed E-state index contributed by atoms with van der Waals surface area (Å²) in [4.78, 5) is 12.4. The summed E-state index contributed by atoms with van der Waals surface area (Å²) in [7, 11) is 0. The number of hydrogen-bond donors (Lipinski definition) is 0. The molecular weight excluding hydrogens is 343 g/mol. The largest absolute Gasteiger partial charge is 0.435 e. The molecule has 0 saturated heterocycles. The van der Waals surface area contributed by atoms with Crippen LogP contribution in [0, 0.1) is 0 Å². The van der Waals surface area contributed by atoms with Crippen molar-refractivity contribution in [2.45, 2.75) is 6.18 Å². The smallest absolute Gasteiger partial charge is 0.287 e. The Labute approximate surface area is 139 Å². The summed E-state index contributed by atoms with van der Waals surface area (Å²) >= 11 is 5.74. The summed E-state index contributed by atoms with van der Waals surface area (Å²) in [5.74, 6) is -0.844. The van der Waals surface area contributed by atoms with Gasteiger partial charge in [-0.1, -0.05) is 47.1 Å². The molecule has 2 aromatic carbocycles. The van der Waals surface area contributed by atoms with Crippen molar-refractivity contribution in [2.24, 2.45) is 0 Å². The van der Waals surface area contributed by atoms with Crippen LogP contribution in [0.25, 0.3) is 5.69 Å². The average molecular weight is 352 g/mol. The Kier molecular flexibility index (Phi) is 4.11. The van der Waals surface area contributed by atoms with Crippen LogP contribution >= 0.6 is 11.6 Å². The number of alkyl halides is 3. The molecule has 4 nitrogen and oxygen atoms in total. The predicted octanol–water partition coefficient (Wildman–Crippen LogP) is 4.17. The summed E-state index contributed by atoms with van der Waals surface area (Å²) in [6, 6.07) is 13.2. The highest BCUT2D eigenvalue weighted by Crippen LogP contribution is 2.33. The van der Waals surface area contributed by atoms with Crippen LogP contribution in [0.2, 0.25) is 5.02 Å². The number of ketones is 1. The second-order valence-electron chi connectivity index (χ2n) is 4.87. The lowest BCUT2D eigenvalue weighted by atomic mass is 10.1. The maximum Gasteiger partial charge on any atom is 0.435 e. The van der Waals surface area contributed by atoms with Crippen molar-refractivity contribution < 1.29 is 18.0 Å². The van der Waals surface area contributed by atoms with Crippen molar-refractivity contribution in [3.63, 3.8) is 0 Å². The Balaban J connectivity index is 2.15. The van der Waals surface area contributed by atoms with Gasteiger partial charge in [0.25, 0.3) is 0 Å². The first kappa shape index (κ1) is 16.2. The topological polar surface area (TPSA) is 47.8 Å². The molecule has 0 unspecified atom stereocenters. The number of halogens is 4. The molecule has 8 heteroatoms. The molecule has 0 aliphatic carbocycles. The molecule has 1 heterocycles. The van der Waals surface area contributed by atoms with Gasteiger partial charge in [-0.25, -0.2) is 4.68 Å². The van der Waals surface area contributed by atoms with E-state index in [0.29, 0.717) is 9.70 Å². The Morgan fingerprint density at radius 3 is 2.21 bits per heavy atom. The van der Waals surface area contributed by atoms with E-state index in [2.05, 4.69) is 10.3 Å². The Hall–Kier alpha value is -2.67. The summed E-state index contributed by atoms with van der Waals surface area (Å²) in [5, 5.41) is 7.35. The molecule has 0 aliphatic heterocycles. The maximum absolute atomic E-state index is 13.5. The van der Waals surface area contributed by atoms with Gasteiger partial charge in [0.2, 0.25) is 5.78 Å². The predicted molar refractivity (Wildman–Crippen MR) is 81.2 cm³/mol. The standard InChI is InChI=1S/C16H9ClF3N3O/c17-11-6-8-12(9-7-11)23-15(16(18,19)20)13(21-22-23)14(24)10-4-2-1-3-5-10/h1-9H. The van der Waals surface area contributed by atoms with E-state index in [1.807, 2.05) is 0 Å². The van der Waals surface area contributed by atoms with Crippen LogP contribution < -0.4 is 0 Å². The van der Waals surface area contributed by atoms with Gasteiger partial charge in [0, 0.05) is 10.6 Å². The van der Waals surface area contributed by atoms with Gasteiger partial charge in [-0.05, 0) is 24.3 Å². The van der Waals surface area contributed by atoms with Crippen molar-refractivity contribution in [1.82, 2.24) is 15.0 Å². The molecule has 0 fully saturated rings. The molecule has 3 aromatic rings. The van der Waals surface area contributed by atoms with Crippen LogP contribution in [0.4, 0.5) is 13.2 Å². The maximum atomic E-state index is 13.5. The third-order valence-electron chi connectivity index (χ3n) is 3.26. The third-order valence-corrected chi connectivity index (χ3v) is 3.51. The highest BCUT2D eigenvalue weighted by Gasteiger charge is 2.42. The van der Waals surface area contributed by atoms with Gasteiger partial charge in [-0.3, -0.25) is 4.79 Å². The van der Waals surface area contributed by atoms with Gasteiger partial charge < -0.3 is 0 Å². The fourth-order valence-electron chi connectivity index (χ4n) is 2.18. The number of carbonyl (C=O) groups excluding carboxylic acids is 1. The van der Waals surface area contributed by atoms with Crippen molar-refractivity contribution in [2.75, 3.05) is 0 Å². The first-order valence-electron chi connectivity index (χ1n) is 6.76. The lowest BCUT2D eigenvalue weighted by Crippen LogP contribution is -2.18. The van der Waals surface area contributed by atoms with E-state index < -0.39 is 23.3 Å². The van der Waals surface area contributed by atoms with Crippen LogP contribution in [0.3, 0.4) is 0 Å². The minimum absolute atomic E-state index is 0.103. The van der Waals surface area contributed by atoms with Gasteiger partial charge in [0.15, 0.2) is 11.4 Å². The lowest BCUT2D eigenvalue weighted by Gasteiger charge is -2.11. The number of nitrogens with zero attached hydrogens (tertiary/aromatic N) is 3. The quantitative estimate of drug-likeness (QED) is 0.665. The summed E-state index contributed by atoms with van der Waals surface area (Å²) < 4.78 is 41.1. The van der Waals surface area contributed by atoms with Gasteiger partial charge in [-0.2, -0.15) is 13.2 Å². The van der Waals surface area contributed by atoms with Crippen molar-refractivity contribution in [3.05, 3.63) is 76.6 Å². The highest BCUT2D eigenvalue weighted by atomic mass is 35.5. The Morgan fingerprint density at radius 2 is 1.62 bits per heavy atom. The fraction of sp³-hybridized carbons (Fsp3) is 0.0625. The third kappa shape index (κ3) is 3.03. The van der Waals surface area contributed by atoms with E-state index in [1.54, 1.807) is 18.2 Å². The molecule has 0 saturated carbocycles. The lowest BCUT2D eigenvalue weighted by molar-refractivity contribution is -0.143. The van der Waals surface area contributed by atoms with Gasteiger partial charge in [0.1, 0.15) is 0 Å². The zero-order chi connectivity index (χ0) is 17.3. The van der Waals surface area contributed by atoms with Crippen LogP contribution in [0.1, 0.15) is 21.7 Å². The molecule has 0 atom stereocenters. The highest BCUT2D eigenvalue weighted by molar-refractivity contribution is 6.30. The molecule has 0 amide bonds. The van der Waals surface area contributed by atoms with Crippen LogP contribution in [0.5, 0.6) is 0 Å². The van der Waals surface area contributed by atoms with Crippen molar-refractivity contribution >= 4 is 17.4 Å². The van der Waals surface area contributed by atoms with E-state index >= 15 is 0 Å². The number of rotatable bonds is 3. The molecular formula is C16H9ClF3N3O. The number of hydrogen-bond acceptors (Lipinski definition) is 3. The molecule has 3 rings (SSSR count). The zero-order valence-electron chi connectivity index (χ0n) is 12.0. The summed E-state index contributed by atoms with van der Waals surface area (Å²) in [6.45, 7) is 0. The molecule has 1 aromatic heterocycles. The Bertz CT molecular complexity index is 874. The molecule has 0 aliphatic rings. The normalized spacial score (nSPS) is 11.5. The molecule has 0 spiro atoms. The molecule has 0 bridgehead atoms. The van der Waals surface area contributed by atoms with Crippen LogP contribution in [0.15, 0.2) is 54.6 Å². The van der Waals surface area contributed by atoms with Crippen LogP contribution in [-0.4, -0.2) is 20.8 Å². The van der Waals surface area contributed by atoms with E-state index in [9.17, 15) is 18.0 Å². The summed E-state index contributed by atoms with van der Waals surface area (Å²) in [6.07, 6.45) is -4.80. The monoisotopic (exact) mass is 351 g/mol. The van der Waals surface area contributed by atoms with Crippen molar-refractivity contribution in [3.8, 4) is 5.69 Å². The SMILES string of the molecule is O=C(c1ccccc1)c1nnn(-c2ccc(Cl)cc2)c1C(F)(F)F. The van der Waals surface area contributed by atoms with Crippen LogP contribution in [-0.2, 0) is 6.18 Å². The average Bonchev–Trinajstić information content (AvgIpc) is 3.01. The second-order valence-corrected chi connectivity index (χ2v) is 5.30. The van der Waals surface area contributed by atoms with E-state index in [4.69, 9.17) is 11.6 Å².